The van der Waals surface area contributed by atoms with Gasteiger partial charge >= 0.3 is 0 Å². The Morgan fingerprint density at radius 2 is 1.50 bits per heavy atom. The molecule has 0 heterocycles. The summed E-state index contributed by atoms with van der Waals surface area (Å²) in [5, 5.41) is 0. The summed E-state index contributed by atoms with van der Waals surface area (Å²) in [6.07, 6.45) is 0.241. The number of rotatable bonds is 4. The third kappa shape index (κ3) is 14.4. The van der Waals surface area contributed by atoms with Crippen molar-refractivity contribution in [2.45, 2.75) is 0 Å². The highest BCUT2D eigenvalue weighted by Crippen LogP contribution is 2.49. The van der Waals surface area contributed by atoms with Crippen molar-refractivity contribution < 1.29 is 28.1 Å². The maximum atomic E-state index is 10.4. The second-order valence-electron chi connectivity index (χ2n) is 1.61. The Balaban J connectivity index is -0.000000167. The Morgan fingerprint density at radius 1 is 1.14 bits per heavy atom. The summed E-state index contributed by atoms with van der Waals surface area (Å²) in [7, 11) is -10.0. The van der Waals surface area contributed by atoms with Crippen molar-refractivity contribution in [3.8, 4) is 0 Å². The standard InChI is InChI=1S/C3H8O6P2.3H3N/c1-2-3-10(4,5)9-11(6,7)8;;;/h2H,1,3H2,(H,4,5)(H2,6,7,8);3*1H3. The predicted molar refractivity (Wildman–Crippen MR) is 49.3 cm³/mol. The van der Waals surface area contributed by atoms with Gasteiger partial charge in [0.25, 0.3) is 0 Å². The van der Waals surface area contributed by atoms with Gasteiger partial charge in [0.1, 0.15) is 7.60 Å². The molecular weight excluding hydrogens is 236 g/mol. The van der Waals surface area contributed by atoms with Crippen molar-refractivity contribution in [2.75, 3.05) is 6.16 Å². The van der Waals surface area contributed by atoms with E-state index in [1.165, 1.54) is 0 Å². The Morgan fingerprint density at radius 3 is 1.71 bits per heavy atom. The quantitative estimate of drug-likeness (QED) is 0.449. The molecule has 0 aromatic rings. The molecule has 1 atom stereocenters. The Kier molecular flexibility index (Phi) is 13.9. The molecule has 0 rings (SSSR count). The summed E-state index contributed by atoms with van der Waals surface area (Å²) in [5.41, 5.74) is 0. The lowest BCUT2D eigenvalue weighted by molar-refractivity contribution is -0.337. The lowest BCUT2D eigenvalue weighted by Gasteiger charge is -2.35. The van der Waals surface area contributed by atoms with Gasteiger partial charge in [-0.1, -0.05) is 6.08 Å². The molecule has 0 spiro atoms. The number of phosphoric acid groups is 1. The Bertz CT molecular complexity index is 238. The van der Waals surface area contributed by atoms with Gasteiger partial charge < -0.3 is 46.6 Å². The minimum atomic E-state index is -5.44. The van der Waals surface area contributed by atoms with Crippen LogP contribution in [0.1, 0.15) is 0 Å². The Hall–Kier alpha value is -0.0800. The zero-order valence-corrected chi connectivity index (χ0v) is 10.1. The van der Waals surface area contributed by atoms with Gasteiger partial charge in [-0.2, -0.15) is 0 Å². The molecular formula is C3H17N3O6P2. The summed E-state index contributed by atoms with van der Waals surface area (Å²) < 4.78 is 23.4. The first-order chi connectivity index (χ1) is 4.77. The third-order valence-electron chi connectivity index (χ3n) is 0.577. The highest BCUT2D eigenvalue weighted by Gasteiger charge is 2.07. The van der Waals surface area contributed by atoms with E-state index in [0.29, 0.717) is 0 Å². The molecule has 90 valence electrons. The van der Waals surface area contributed by atoms with E-state index in [4.69, 9.17) is 0 Å². The molecule has 0 radical (unpaired) electrons. The van der Waals surface area contributed by atoms with Gasteiger partial charge in [-0.15, -0.1) is 6.58 Å². The fourth-order valence-corrected chi connectivity index (χ4v) is 2.15. The molecule has 9 nitrogen and oxygen atoms in total. The molecule has 1 unspecified atom stereocenters. The van der Waals surface area contributed by atoms with Gasteiger partial charge in [-0.05, 0) is 0 Å². The van der Waals surface area contributed by atoms with E-state index < -0.39 is 21.6 Å². The average Bonchev–Trinajstić information content (AvgIpc) is 1.55. The van der Waals surface area contributed by atoms with Crippen molar-refractivity contribution in [2.24, 2.45) is 0 Å². The second kappa shape index (κ2) is 8.25. The second-order valence-corrected chi connectivity index (χ2v) is 4.75. The Labute approximate surface area is 81.7 Å². The van der Waals surface area contributed by atoms with Crippen LogP contribution in [0.3, 0.4) is 0 Å². The first-order valence-corrected chi connectivity index (χ1v) is 5.60. The SMILES string of the molecule is C=CCP(=O)([O-])OP(=O)([O-])[O-].[NH4+].[NH4+].[NH4+]. The van der Waals surface area contributed by atoms with Gasteiger partial charge in [0.15, 0.2) is 0 Å². The van der Waals surface area contributed by atoms with Gasteiger partial charge in [-0.25, -0.2) is 0 Å². The summed E-state index contributed by atoms with van der Waals surface area (Å²) in [5.74, 6) is 0. The molecule has 0 bridgehead atoms. The summed E-state index contributed by atoms with van der Waals surface area (Å²) >= 11 is 0. The lowest BCUT2D eigenvalue weighted by Crippen LogP contribution is -2.18. The topological polar surface area (TPSA) is 222 Å². The molecule has 0 aliphatic heterocycles. The molecule has 0 fully saturated rings. The van der Waals surface area contributed by atoms with Crippen LogP contribution in [0.25, 0.3) is 0 Å². The van der Waals surface area contributed by atoms with Crippen molar-refractivity contribution in [1.29, 1.82) is 0 Å². The minimum absolute atomic E-state index is 0. The number of hydrogen-bond acceptors (Lipinski definition) is 6. The van der Waals surface area contributed by atoms with Crippen LogP contribution in [-0.4, -0.2) is 6.16 Å². The molecule has 0 aromatic heterocycles. The van der Waals surface area contributed by atoms with E-state index in [9.17, 15) is 23.8 Å². The van der Waals surface area contributed by atoms with E-state index in [0.717, 1.165) is 6.08 Å². The van der Waals surface area contributed by atoms with Crippen LogP contribution in [0.5, 0.6) is 0 Å². The van der Waals surface area contributed by atoms with Crippen LogP contribution in [-0.2, 0) is 13.4 Å². The smallest absolute Gasteiger partial charge is 0.143 e. The van der Waals surface area contributed by atoms with Crippen LogP contribution in [0, 0.1) is 0 Å². The van der Waals surface area contributed by atoms with Gasteiger partial charge in [0.2, 0.25) is 0 Å². The predicted octanol–water partition coefficient (Wildman–Crippen LogP) is -0.300. The molecule has 0 aliphatic carbocycles. The molecule has 14 heavy (non-hydrogen) atoms. The average molecular weight is 253 g/mol. The van der Waals surface area contributed by atoms with Crippen molar-refractivity contribution in [3.63, 3.8) is 0 Å². The molecule has 0 saturated heterocycles. The van der Waals surface area contributed by atoms with Gasteiger partial charge in [0.05, 0.1) is 7.82 Å². The van der Waals surface area contributed by atoms with E-state index in [2.05, 4.69) is 10.9 Å². The van der Waals surface area contributed by atoms with Gasteiger partial charge in [0, 0.05) is 6.16 Å². The van der Waals surface area contributed by atoms with Crippen molar-refractivity contribution >= 4 is 15.4 Å². The largest absolute Gasteiger partial charge is 0.790 e. The zero-order valence-electron chi connectivity index (χ0n) is 8.34. The number of allylic oxidation sites excluding steroid dienone is 1. The first kappa shape index (κ1) is 23.6. The van der Waals surface area contributed by atoms with Crippen LogP contribution >= 0.6 is 15.4 Å². The fraction of sp³-hybridized carbons (Fsp3) is 0.333. The van der Waals surface area contributed by atoms with E-state index in [1.54, 1.807) is 0 Å². The number of hydrogen-bond donors (Lipinski definition) is 3. The van der Waals surface area contributed by atoms with E-state index in [-0.39, 0.29) is 18.5 Å². The monoisotopic (exact) mass is 253 g/mol. The number of quaternary nitrogens is 3. The van der Waals surface area contributed by atoms with Gasteiger partial charge in [-0.3, -0.25) is 0 Å². The maximum absolute atomic E-state index is 10.4. The van der Waals surface area contributed by atoms with Crippen molar-refractivity contribution in [3.05, 3.63) is 12.7 Å². The maximum Gasteiger partial charge on any atom is 0.143 e. The fourth-order valence-electron chi connectivity index (χ4n) is 0.344. The zero-order chi connectivity index (χ0) is 9.12. The van der Waals surface area contributed by atoms with E-state index in [1.807, 2.05) is 0 Å². The molecule has 11 heteroatoms. The molecule has 0 saturated carbocycles. The summed E-state index contributed by atoms with van der Waals surface area (Å²) in [6, 6.07) is 0. The molecule has 0 amide bonds. The van der Waals surface area contributed by atoms with Crippen LogP contribution in [0.15, 0.2) is 12.7 Å². The minimum Gasteiger partial charge on any atom is -0.790 e. The normalized spacial score (nSPS) is 13.6. The molecule has 0 aromatic carbocycles. The summed E-state index contributed by atoms with van der Waals surface area (Å²) in [6.45, 7) is 3.03. The van der Waals surface area contributed by atoms with E-state index >= 15 is 0 Å². The highest BCUT2D eigenvalue weighted by molar-refractivity contribution is 7.61. The highest BCUT2D eigenvalue weighted by atomic mass is 31.3. The third-order valence-corrected chi connectivity index (χ3v) is 3.08. The van der Waals surface area contributed by atoms with Crippen molar-refractivity contribution in [1.82, 2.24) is 18.5 Å². The van der Waals surface area contributed by atoms with Crippen LogP contribution < -0.4 is 33.1 Å². The molecule has 12 N–H and O–H groups in total. The summed E-state index contributed by atoms with van der Waals surface area (Å²) in [4.78, 5) is 29.9. The van der Waals surface area contributed by atoms with Crippen LogP contribution in [0.4, 0.5) is 0 Å². The first-order valence-electron chi connectivity index (χ1n) is 2.41. The molecule has 0 aliphatic rings. The van der Waals surface area contributed by atoms with Crippen LogP contribution in [0.2, 0.25) is 0 Å². The lowest BCUT2D eigenvalue weighted by atomic mass is 10.8.